The number of ether oxygens (including phenoxy) is 1. The van der Waals surface area contributed by atoms with Crippen molar-refractivity contribution in [3.05, 3.63) is 46.4 Å². The van der Waals surface area contributed by atoms with Crippen LogP contribution in [-0.2, 0) is 0 Å². The highest BCUT2D eigenvalue weighted by molar-refractivity contribution is 9.10. The predicted molar refractivity (Wildman–Crippen MR) is 82.7 cm³/mol. The van der Waals surface area contributed by atoms with Gasteiger partial charge in [0.1, 0.15) is 17.1 Å². The van der Waals surface area contributed by atoms with Crippen LogP contribution in [0.15, 0.2) is 40.9 Å². The number of imidazole rings is 1. The number of nitrogens with one attached hydrogen (secondary N) is 1. The van der Waals surface area contributed by atoms with E-state index < -0.39 is 5.97 Å². The van der Waals surface area contributed by atoms with E-state index in [4.69, 9.17) is 9.84 Å². The van der Waals surface area contributed by atoms with Gasteiger partial charge >= 0.3 is 5.97 Å². The minimum absolute atomic E-state index is 0.248. The van der Waals surface area contributed by atoms with Crippen molar-refractivity contribution in [3.63, 3.8) is 0 Å². The molecule has 0 aliphatic carbocycles. The summed E-state index contributed by atoms with van der Waals surface area (Å²) in [6.45, 7) is 0. The summed E-state index contributed by atoms with van der Waals surface area (Å²) >= 11 is 3.46. The Kier molecular flexibility index (Phi) is 3.39. The number of methoxy groups -OCH3 is 1. The molecule has 0 spiro atoms. The Morgan fingerprint density at radius 3 is 2.62 bits per heavy atom. The second-order valence-electron chi connectivity index (χ2n) is 4.47. The second-order valence-corrected chi connectivity index (χ2v) is 5.33. The van der Waals surface area contributed by atoms with E-state index in [9.17, 15) is 4.79 Å². The molecule has 106 valence electrons. The van der Waals surface area contributed by atoms with Crippen molar-refractivity contribution < 1.29 is 14.6 Å². The third kappa shape index (κ3) is 2.50. The summed E-state index contributed by atoms with van der Waals surface area (Å²) in [6.07, 6.45) is 0. The topological polar surface area (TPSA) is 75.2 Å². The van der Waals surface area contributed by atoms with Crippen LogP contribution < -0.4 is 4.74 Å². The first-order chi connectivity index (χ1) is 10.1. The molecule has 0 saturated heterocycles. The highest BCUT2D eigenvalue weighted by Crippen LogP contribution is 2.30. The van der Waals surface area contributed by atoms with Gasteiger partial charge in [-0.2, -0.15) is 0 Å². The van der Waals surface area contributed by atoms with Crippen LogP contribution in [0.4, 0.5) is 0 Å². The van der Waals surface area contributed by atoms with E-state index in [-0.39, 0.29) is 5.56 Å². The number of hydrogen-bond acceptors (Lipinski definition) is 3. The number of aromatic carboxylic acids is 1. The van der Waals surface area contributed by atoms with Crippen molar-refractivity contribution in [2.45, 2.75) is 0 Å². The molecule has 3 rings (SSSR count). The van der Waals surface area contributed by atoms with E-state index in [1.807, 2.05) is 12.1 Å². The Labute approximate surface area is 128 Å². The van der Waals surface area contributed by atoms with Crippen molar-refractivity contribution in [2.24, 2.45) is 0 Å². The first kappa shape index (κ1) is 13.6. The summed E-state index contributed by atoms with van der Waals surface area (Å²) < 4.78 is 6.05. The number of H-pyrrole nitrogens is 1. The zero-order chi connectivity index (χ0) is 15.0. The van der Waals surface area contributed by atoms with Gasteiger partial charge in [-0.25, -0.2) is 9.78 Å². The minimum Gasteiger partial charge on any atom is -0.497 e. The van der Waals surface area contributed by atoms with Crippen molar-refractivity contribution in [1.82, 2.24) is 9.97 Å². The maximum absolute atomic E-state index is 10.9. The van der Waals surface area contributed by atoms with Gasteiger partial charge in [-0.05, 0) is 34.1 Å². The minimum atomic E-state index is -0.946. The number of hydrogen-bond donors (Lipinski definition) is 2. The standard InChI is InChI=1S/C15H11BrN2O3/c1-21-10-6-11(16)13-12(7-10)17-14(18-13)8-2-4-9(5-3-8)15(19)20/h2-7H,1H3,(H,17,18)(H,19,20). The van der Waals surface area contributed by atoms with Crippen molar-refractivity contribution in [1.29, 1.82) is 0 Å². The van der Waals surface area contributed by atoms with Gasteiger partial charge in [-0.3, -0.25) is 0 Å². The molecular formula is C15H11BrN2O3. The first-order valence-electron chi connectivity index (χ1n) is 6.15. The van der Waals surface area contributed by atoms with Crippen LogP contribution in [0.25, 0.3) is 22.4 Å². The zero-order valence-corrected chi connectivity index (χ0v) is 12.6. The van der Waals surface area contributed by atoms with Crippen molar-refractivity contribution >= 4 is 32.9 Å². The van der Waals surface area contributed by atoms with E-state index >= 15 is 0 Å². The lowest BCUT2D eigenvalue weighted by atomic mass is 10.1. The highest BCUT2D eigenvalue weighted by Gasteiger charge is 2.10. The number of halogens is 1. The van der Waals surface area contributed by atoms with Gasteiger partial charge in [-0.15, -0.1) is 0 Å². The number of rotatable bonds is 3. The molecule has 0 aliphatic rings. The summed E-state index contributed by atoms with van der Waals surface area (Å²) in [7, 11) is 1.61. The van der Waals surface area contributed by atoms with Gasteiger partial charge < -0.3 is 14.8 Å². The molecule has 6 heteroatoms. The first-order valence-corrected chi connectivity index (χ1v) is 6.95. The fourth-order valence-corrected chi connectivity index (χ4v) is 2.60. The zero-order valence-electron chi connectivity index (χ0n) is 11.1. The molecule has 0 fully saturated rings. The van der Waals surface area contributed by atoms with Crippen LogP contribution >= 0.6 is 15.9 Å². The highest BCUT2D eigenvalue weighted by atomic mass is 79.9. The maximum atomic E-state index is 10.9. The van der Waals surface area contributed by atoms with Gasteiger partial charge in [0, 0.05) is 16.1 Å². The van der Waals surface area contributed by atoms with Gasteiger partial charge in [0.15, 0.2) is 0 Å². The molecule has 1 heterocycles. The van der Waals surface area contributed by atoms with E-state index in [0.717, 1.165) is 26.8 Å². The van der Waals surface area contributed by atoms with Gasteiger partial charge in [0.25, 0.3) is 0 Å². The van der Waals surface area contributed by atoms with Crippen LogP contribution in [0, 0.1) is 0 Å². The van der Waals surface area contributed by atoms with Crippen LogP contribution in [-0.4, -0.2) is 28.2 Å². The summed E-state index contributed by atoms with van der Waals surface area (Å²) in [5.41, 5.74) is 2.71. The number of carboxylic acids is 1. The lowest BCUT2D eigenvalue weighted by Crippen LogP contribution is -1.95. The van der Waals surface area contributed by atoms with Gasteiger partial charge in [0.2, 0.25) is 0 Å². The Morgan fingerprint density at radius 2 is 2.00 bits per heavy atom. The monoisotopic (exact) mass is 346 g/mol. The third-order valence-electron chi connectivity index (χ3n) is 3.15. The van der Waals surface area contributed by atoms with Crippen LogP contribution in [0.5, 0.6) is 5.75 Å². The van der Waals surface area contributed by atoms with Gasteiger partial charge in [-0.1, -0.05) is 12.1 Å². The second kappa shape index (κ2) is 5.21. The number of benzene rings is 2. The summed E-state index contributed by atoms with van der Waals surface area (Å²) in [6, 6.07) is 10.3. The fourth-order valence-electron chi connectivity index (χ4n) is 2.08. The molecule has 0 bridgehead atoms. The summed E-state index contributed by atoms with van der Waals surface area (Å²) in [5, 5.41) is 8.91. The Hall–Kier alpha value is -2.34. The predicted octanol–water partition coefficient (Wildman–Crippen LogP) is 3.70. The SMILES string of the molecule is COc1cc(Br)c2nc(-c3ccc(C(=O)O)cc3)[nH]c2c1. The number of carboxylic acid groups (broad SMARTS) is 1. The Morgan fingerprint density at radius 1 is 1.29 bits per heavy atom. The van der Waals surface area contributed by atoms with Crippen molar-refractivity contribution in [2.75, 3.05) is 7.11 Å². The molecule has 0 atom stereocenters. The average molecular weight is 347 g/mol. The lowest BCUT2D eigenvalue weighted by Gasteiger charge is -1.99. The molecule has 2 N–H and O–H groups in total. The van der Waals surface area contributed by atoms with Crippen LogP contribution in [0.2, 0.25) is 0 Å². The van der Waals surface area contributed by atoms with E-state index in [1.54, 1.807) is 31.4 Å². The largest absolute Gasteiger partial charge is 0.497 e. The smallest absolute Gasteiger partial charge is 0.335 e. The number of aromatic amines is 1. The molecule has 21 heavy (non-hydrogen) atoms. The van der Waals surface area contributed by atoms with Crippen LogP contribution in [0.3, 0.4) is 0 Å². The van der Waals surface area contributed by atoms with E-state index in [1.165, 1.54) is 0 Å². The van der Waals surface area contributed by atoms with Gasteiger partial charge in [0.05, 0.1) is 18.2 Å². The molecule has 0 saturated carbocycles. The van der Waals surface area contributed by atoms with E-state index in [0.29, 0.717) is 5.82 Å². The molecule has 3 aromatic rings. The summed E-state index contributed by atoms with van der Waals surface area (Å²) in [5.74, 6) is 0.459. The van der Waals surface area contributed by atoms with E-state index in [2.05, 4.69) is 25.9 Å². The number of fused-ring (bicyclic) bond motifs is 1. The molecular weight excluding hydrogens is 336 g/mol. The molecule has 0 amide bonds. The fraction of sp³-hybridized carbons (Fsp3) is 0.0667. The van der Waals surface area contributed by atoms with Crippen molar-refractivity contribution in [3.8, 4) is 17.1 Å². The summed E-state index contributed by atoms with van der Waals surface area (Å²) in [4.78, 5) is 18.6. The maximum Gasteiger partial charge on any atom is 0.335 e. The number of nitrogens with zero attached hydrogens (tertiary/aromatic N) is 1. The molecule has 0 unspecified atom stereocenters. The quantitative estimate of drug-likeness (QED) is 0.758. The lowest BCUT2D eigenvalue weighted by molar-refractivity contribution is 0.0697. The Balaban J connectivity index is 2.08. The third-order valence-corrected chi connectivity index (χ3v) is 3.76. The molecule has 0 aliphatic heterocycles. The van der Waals surface area contributed by atoms with Crippen LogP contribution in [0.1, 0.15) is 10.4 Å². The average Bonchev–Trinajstić information content (AvgIpc) is 2.91. The molecule has 2 aromatic carbocycles. The number of aromatic nitrogens is 2. The number of carbonyl (C=O) groups is 1. The Bertz CT molecular complexity index is 825. The molecule has 0 radical (unpaired) electrons. The molecule has 5 nitrogen and oxygen atoms in total. The normalized spacial score (nSPS) is 10.8. The molecule has 1 aromatic heterocycles.